The van der Waals surface area contributed by atoms with Crippen LogP contribution in [0.4, 0.5) is 13.2 Å². The summed E-state index contributed by atoms with van der Waals surface area (Å²) in [7, 11) is -4.11. The van der Waals surface area contributed by atoms with E-state index in [9.17, 15) is 32.5 Å². The van der Waals surface area contributed by atoms with E-state index in [1.54, 1.807) is 0 Å². The number of benzene rings is 1. The molecule has 0 saturated carbocycles. The van der Waals surface area contributed by atoms with E-state index in [2.05, 4.69) is 4.74 Å². The molecule has 0 aliphatic carbocycles. The third-order valence-corrected chi connectivity index (χ3v) is 4.73. The van der Waals surface area contributed by atoms with Gasteiger partial charge in [-0.15, -0.1) is 0 Å². The van der Waals surface area contributed by atoms with Crippen molar-refractivity contribution in [3.63, 3.8) is 0 Å². The lowest BCUT2D eigenvalue weighted by molar-refractivity contribution is -0.143. The van der Waals surface area contributed by atoms with E-state index < -0.39 is 48.9 Å². The van der Waals surface area contributed by atoms with Crippen molar-refractivity contribution in [2.75, 3.05) is 19.3 Å². The number of ether oxygens (including phenoxy) is 1. The van der Waals surface area contributed by atoms with Gasteiger partial charge in [-0.1, -0.05) is 0 Å². The Bertz CT molecular complexity index is 620. The van der Waals surface area contributed by atoms with Gasteiger partial charge in [0.1, 0.15) is 11.9 Å². The van der Waals surface area contributed by atoms with Crippen LogP contribution in [0.25, 0.3) is 0 Å². The lowest BCUT2D eigenvalue weighted by Crippen LogP contribution is -2.16. The molecule has 11 heteroatoms. The average Bonchev–Trinajstić information content (AvgIpc) is 2.49. The van der Waals surface area contributed by atoms with Gasteiger partial charge in [-0.25, -0.2) is 19.4 Å². The molecule has 0 aliphatic heterocycles. The summed E-state index contributed by atoms with van der Waals surface area (Å²) in [5.41, 5.74) is 2.05. The Balaban J connectivity index is 3.18. The largest absolute Gasteiger partial charge is 0.481 e. The summed E-state index contributed by atoms with van der Waals surface area (Å²) < 4.78 is 43.7. The lowest BCUT2D eigenvalue weighted by Gasteiger charge is -2.15. The molecule has 0 spiro atoms. The number of hydrogen-bond acceptors (Lipinski definition) is 6. The fraction of sp³-hybridized carbons (Fsp3) is 0.385. The molecular weight excluding hydrogens is 354 g/mol. The Morgan fingerprint density at radius 2 is 1.88 bits per heavy atom. The maximum Gasteiger partial charge on any atom is 0.419 e. The van der Waals surface area contributed by atoms with E-state index in [1.807, 2.05) is 0 Å². The first-order chi connectivity index (χ1) is 11.0. The number of halogens is 3. The van der Waals surface area contributed by atoms with Crippen LogP contribution in [0.3, 0.4) is 0 Å². The first kappa shape index (κ1) is 20.3. The molecular formula is C13H16F3NO6P+. The molecule has 1 aromatic rings. The molecule has 0 fully saturated rings. The van der Waals surface area contributed by atoms with E-state index in [-0.39, 0.29) is 19.1 Å². The highest BCUT2D eigenvalue weighted by atomic mass is 31.2. The third kappa shape index (κ3) is 5.41. The van der Waals surface area contributed by atoms with Gasteiger partial charge in [-0.2, -0.15) is 13.2 Å². The molecule has 0 radical (unpaired) electrons. The Labute approximate surface area is 135 Å². The fourth-order valence-electron chi connectivity index (χ4n) is 1.77. The molecule has 0 saturated heterocycles. The van der Waals surface area contributed by atoms with Crippen molar-refractivity contribution in [1.29, 1.82) is 0 Å². The molecule has 0 bridgehead atoms. The zero-order valence-corrected chi connectivity index (χ0v) is 13.2. The minimum Gasteiger partial charge on any atom is -0.481 e. The molecule has 0 aliphatic rings. The lowest BCUT2D eigenvalue weighted by atomic mass is 10.1. The van der Waals surface area contributed by atoms with Crippen molar-refractivity contribution in [3.05, 3.63) is 29.3 Å². The summed E-state index contributed by atoms with van der Waals surface area (Å²) in [6.07, 6.45) is -5.13. The van der Waals surface area contributed by atoms with E-state index >= 15 is 0 Å². The Hall–Kier alpha value is -1.74. The van der Waals surface area contributed by atoms with Crippen molar-refractivity contribution >= 4 is 19.2 Å². The predicted octanol–water partition coefficient (Wildman–Crippen LogP) is 1.49. The summed E-state index contributed by atoms with van der Waals surface area (Å²) in [6.45, 7) is -0.907. The number of alkyl halides is 3. The second kappa shape index (κ2) is 7.89. The average molecular weight is 370 g/mol. The number of carboxylic acids is 1. The van der Waals surface area contributed by atoms with Gasteiger partial charge in [0.2, 0.25) is 0 Å². The first-order valence-corrected chi connectivity index (χ1v) is 8.51. The third-order valence-electron chi connectivity index (χ3n) is 2.88. The van der Waals surface area contributed by atoms with Crippen molar-refractivity contribution < 1.29 is 42.4 Å². The van der Waals surface area contributed by atoms with E-state index in [4.69, 9.17) is 10.8 Å². The monoisotopic (exact) mass is 370 g/mol. The minimum absolute atomic E-state index is 0.0892. The van der Waals surface area contributed by atoms with E-state index in [1.165, 1.54) is 0 Å². The number of rotatable bonds is 8. The van der Waals surface area contributed by atoms with Crippen LogP contribution >= 0.6 is 7.72 Å². The van der Waals surface area contributed by atoms with Gasteiger partial charge in [0.15, 0.2) is 6.61 Å². The van der Waals surface area contributed by atoms with Crippen molar-refractivity contribution in [1.82, 2.24) is 0 Å². The van der Waals surface area contributed by atoms with Crippen LogP contribution in [0.5, 0.6) is 5.75 Å². The molecule has 0 atom stereocenters. The molecule has 1 rings (SSSR count). The number of carboxylic acid groups (broad SMARTS) is 1. The van der Waals surface area contributed by atoms with Crippen LogP contribution in [0.1, 0.15) is 22.3 Å². The van der Waals surface area contributed by atoms with Gasteiger partial charge in [0.25, 0.3) is 0 Å². The second-order valence-corrected chi connectivity index (χ2v) is 7.11. The Kier molecular flexibility index (Phi) is 6.67. The smallest absolute Gasteiger partial charge is 0.419 e. The summed E-state index contributed by atoms with van der Waals surface area (Å²) >= 11 is 0. The Morgan fingerprint density at radius 1 is 1.25 bits per heavy atom. The van der Waals surface area contributed by atoms with Gasteiger partial charge >= 0.3 is 25.4 Å². The topological polar surface area (TPSA) is 130 Å². The molecule has 0 unspecified atom stereocenters. The molecule has 134 valence electrons. The van der Waals surface area contributed by atoms with Crippen LogP contribution in [0.15, 0.2) is 18.2 Å². The first-order valence-electron chi connectivity index (χ1n) is 6.63. The van der Waals surface area contributed by atoms with Crippen LogP contribution < -0.4 is 10.5 Å². The maximum atomic E-state index is 13.0. The number of aliphatic carboxylic acids is 1. The summed E-state index contributed by atoms with van der Waals surface area (Å²) in [6, 6.07) is 2.09. The van der Waals surface area contributed by atoms with Crippen LogP contribution in [-0.2, 0) is 11.0 Å². The van der Waals surface area contributed by atoms with Crippen LogP contribution in [-0.4, -0.2) is 45.7 Å². The number of carbonyl (C=O) groups is 2. The Morgan fingerprint density at radius 3 is 2.38 bits per heavy atom. The number of hydrogen-bond donors (Lipinski definition) is 4. The SMILES string of the molecule is NCCC[P+](O)(O)C(=O)c1ccc(OCC(=O)O)c(C(F)(F)F)c1. The molecule has 0 heterocycles. The highest BCUT2D eigenvalue weighted by Crippen LogP contribution is 2.53. The molecule has 1 aromatic carbocycles. The van der Waals surface area contributed by atoms with Crippen molar-refractivity contribution in [3.8, 4) is 5.75 Å². The van der Waals surface area contributed by atoms with E-state index in [0.29, 0.717) is 6.07 Å². The molecule has 24 heavy (non-hydrogen) atoms. The molecule has 7 nitrogen and oxygen atoms in total. The van der Waals surface area contributed by atoms with Gasteiger partial charge in [-0.3, -0.25) is 0 Å². The summed E-state index contributed by atoms with van der Waals surface area (Å²) in [4.78, 5) is 42.0. The minimum atomic E-state index is -4.92. The molecule has 5 N–H and O–H groups in total. The highest BCUT2D eigenvalue weighted by molar-refractivity contribution is 7.81. The normalized spacial score (nSPS) is 12.1. The van der Waals surface area contributed by atoms with E-state index in [0.717, 1.165) is 12.1 Å². The molecule has 0 amide bonds. The number of nitrogens with two attached hydrogens (primary N) is 1. The van der Waals surface area contributed by atoms with Gasteiger partial charge in [0, 0.05) is 0 Å². The van der Waals surface area contributed by atoms with Crippen LogP contribution in [0.2, 0.25) is 0 Å². The summed E-state index contributed by atoms with van der Waals surface area (Å²) in [5, 5.41) is 8.47. The fourth-order valence-corrected chi connectivity index (χ4v) is 3.15. The van der Waals surface area contributed by atoms with Crippen molar-refractivity contribution in [2.45, 2.75) is 12.6 Å². The van der Waals surface area contributed by atoms with Gasteiger partial charge in [-0.05, 0) is 31.2 Å². The molecule has 0 aromatic heterocycles. The van der Waals surface area contributed by atoms with Crippen LogP contribution in [0, 0.1) is 0 Å². The highest BCUT2D eigenvalue weighted by Gasteiger charge is 2.45. The maximum absolute atomic E-state index is 13.0. The zero-order chi connectivity index (χ0) is 18.5. The van der Waals surface area contributed by atoms with Gasteiger partial charge < -0.3 is 15.6 Å². The quantitative estimate of drug-likeness (QED) is 0.510. The van der Waals surface area contributed by atoms with Crippen molar-refractivity contribution in [2.24, 2.45) is 5.73 Å². The number of carbonyl (C=O) groups excluding carboxylic acids is 1. The predicted molar refractivity (Wildman–Crippen MR) is 78.8 cm³/mol. The summed E-state index contributed by atoms with van der Waals surface area (Å²) in [5.74, 6) is -2.25. The second-order valence-electron chi connectivity index (χ2n) is 4.79. The van der Waals surface area contributed by atoms with Gasteiger partial charge in [0.05, 0.1) is 11.1 Å². The zero-order valence-electron chi connectivity index (χ0n) is 12.3. The standard InChI is InChI=1S/C13H15F3NO6P/c14-13(15,16)9-6-8(2-3-10(9)23-7-11(18)19)12(20)24(21,22)5-1-4-17/h2-3,6,21-22H,1,4-5,7,17H2/p+1.